The Morgan fingerprint density at radius 2 is 1.53 bits per heavy atom. The molecule has 100 valence electrons. The average Bonchev–Trinajstić information content (AvgIpc) is 2.34. The molecule has 0 aliphatic heterocycles. The van der Waals surface area contributed by atoms with E-state index >= 15 is 0 Å². The molecule has 2 N–H and O–H groups in total. The molecule has 2 nitrogen and oxygen atoms in total. The van der Waals surface area contributed by atoms with Crippen LogP contribution in [0, 0.1) is 17.5 Å². The van der Waals surface area contributed by atoms with Crippen LogP contribution in [0.15, 0.2) is 36.4 Å². The highest BCUT2D eigenvalue weighted by Gasteiger charge is 2.11. The summed E-state index contributed by atoms with van der Waals surface area (Å²) in [5, 5.41) is 0. The summed E-state index contributed by atoms with van der Waals surface area (Å²) in [5.41, 5.74) is 6.22. The molecular formula is C14H12F3NO. The van der Waals surface area contributed by atoms with Crippen LogP contribution in [0.1, 0.15) is 18.5 Å². The summed E-state index contributed by atoms with van der Waals surface area (Å²) in [6.07, 6.45) is 0. The van der Waals surface area contributed by atoms with E-state index in [2.05, 4.69) is 0 Å². The van der Waals surface area contributed by atoms with Gasteiger partial charge in [0.1, 0.15) is 5.82 Å². The smallest absolute Gasteiger partial charge is 0.168 e. The molecule has 0 bridgehead atoms. The highest BCUT2D eigenvalue weighted by molar-refractivity contribution is 5.36. The lowest BCUT2D eigenvalue weighted by molar-refractivity contribution is 0.411. The van der Waals surface area contributed by atoms with Crippen molar-refractivity contribution in [1.82, 2.24) is 0 Å². The van der Waals surface area contributed by atoms with Gasteiger partial charge in [-0.25, -0.2) is 13.2 Å². The molecule has 0 aromatic heterocycles. The van der Waals surface area contributed by atoms with Crippen LogP contribution in [0.3, 0.4) is 0 Å². The summed E-state index contributed by atoms with van der Waals surface area (Å²) in [7, 11) is 0. The first-order valence-electron chi connectivity index (χ1n) is 5.65. The number of hydrogen-bond acceptors (Lipinski definition) is 2. The third kappa shape index (κ3) is 3.06. The first-order valence-corrected chi connectivity index (χ1v) is 5.65. The molecule has 0 heterocycles. The summed E-state index contributed by atoms with van der Waals surface area (Å²) >= 11 is 0. The minimum atomic E-state index is -0.893. The number of nitrogens with two attached hydrogens (primary N) is 1. The average molecular weight is 267 g/mol. The van der Waals surface area contributed by atoms with Gasteiger partial charge in [-0.05, 0) is 36.8 Å². The van der Waals surface area contributed by atoms with E-state index in [0.29, 0.717) is 11.6 Å². The molecule has 2 rings (SSSR count). The van der Waals surface area contributed by atoms with Crippen LogP contribution >= 0.6 is 0 Å². The third-order valence-corrected chi connectivity index (χ3v) is 2.60. The van der Waals surface area contributed by atoms with Crippen molar-refractivity contribution in [3.8, 4) is 11.5 Å². The van der Waals surface area contributed by atoms with Gasteiger partial charge in [0.2, 0.25) is 0 Å². The molecule has 0 fully saturated rings. The van der Waals surface area contributed by atoms with Crippen molar-refractivity contribution < 1.29 is 17.9 Å². The van der Waals surface area contributed by atoms with Gasteiger partial charge >= 0.3 is 0 Å². The Balaban J connectivity index is 2.28. The molecule has 2 aromatic carbocycles. The fourth-order valence-electron chi connectivity index (χ4n) is 1.56. The minimum Gasteiger partial charge on any atom is -0.451 e. The van der Waals surface area contributed by atoms with Gasteiger partial charge in [0, 0.05) is 12.1 Å². The van der Waals surface area contributed by atoms with Gasteiger partial charge < -0.3 is 10.5 Å². The van der Waals surface area contributed by atoms with Crippen LogP contribution in [0.2, 0.25) is 0 Å². The minimum absolute atomic E-state index is 0.144. The van der Waals surface area contributed by atoms with E-state index in [4.69, 9.17) is 10.5 Å². The zero-order valence-corrected chi connectivity index (χ0v) is 10.2. The number of halogens is 3. The van der Waals surface area contributed by atoms with Crippen LogP contribution in [-0.4, -0.2) is 0 Å². The molecule has 0 unspecified atom stereocenters. The molecule has 0 aliphatic carbocycles. The second kappa shape index (κ2) is 5.32. The van der Waals surface area contributed by atoms with Gasteiger partial charge in [0.25, 0.3) is 0 Å². The second-order valence-corrected chi connectivity index (χ2v) is 4.16. The van der Waals surface area contributed by atoms with Crippen LogP contribution in [0.25, 0.3) is 0 Å². The van der Waals surface area contributed by atoms with Gasteiger partial charge in [-0.3, -0.25) is 0 Å². The maximum absolute atomic E-state index is 13.7. The zero-order chi connectivity index (χ0) is 14.0. The molecular weight excluding hydrogens is 255 g/mol. The van der Waals surface area contributed by atoms with Gasteiger partial charge in [0.05, 0.1) is 0 Å². The molecule has 0 aliphatic rings. The van der Waals surface area contributed by atoms with Crippen molar-refractivity contribution in [2.45, 2.75) is 13.0 Å². The van der Waals surface area contributed by atoms with E-state index in [-0.39, 0.29) is 17.5 Å². The maximum atomic E-state index is 13.7. The topological polar surface area (TPSA) is 35.2 Å². The van der Waals surface area contributed by atoms with Gasteiger partial charge in [0.15, 0.2) is 23.1 Å². The molecule has 1 atom stereocenters. The largest absolute Gasteiger partial charge is 0.451 e. The lowest BCUT2D eigenvalue weighted by Crippen LogP contribution is -2.05. The van der Waals surface area contributed by atoms with Crippen molar-refractivity contribution in [2.24, 2.45) is 5.73 Å². The number of benzene rings is 2. The Labute approximate surface area is 108 Å². The standard InChI is InChI=1S/C14H12F3NO/c1-8(18)9-2-4-13(11(16)6-9)19-14-5-3-10(15)7-12(14)17/h2-8H,18H2,1H3/t8-/m0/s1. The van der Waals surface area contributed by atoms with E-state index in [1.54, 1.807) is 13.0 Å². The first kappa shape index (κ1) is 13.4. The summed E-state index contributed by atoms with van der Waals surface area (Å²) in [5.74, 6) is -2.66. The summed E-state index contributed by atoms with van der Waals surface area (Å²) in [4.78, 5) is 0. The Bertz CT molecular complexity index is 599. The molecule has 0 saturated carbocycles. The van der Waals surface area contributed by atoms with E-state index in [1.165, 1.54) is 12.1 Å². The lowest BCUT2D eigenvalue weighted by atomic mass is 10.1. The van der Waals surface area contributed by atoms with E-state index in [9.17, 15) is 13.2 Å². The Hall–Kier alpha value is -2.01. The molecule has 5 heteroatoms. The number of ether oxygens (including phenoxy) is 1. The van der Waals surface area contributed by atoms with E-state index < -0.39 is 17.5 Å². The van der Waals surface area contributed by atoms with E-state index in [0.717, 1.165) is 12.1 Å². The summed E-state index contributed by atoms with van der Waals surface area (Å²) in [6, 6.07) is 6.66. The SMILES string of the molecule is C[C@H](N)c1ccc(Oc2ccc(F)cc2F)c(F)c1. The molecule has 0 amide bonds. The van der Waals surface area contributed by atoms with Crippen molar-refractivity contribution in [2.75, 3.05) is 0 Å². The monoisotopic (exact) mass is 267 g/mol. The van der Waals surface area contributed by atoms with Gasteiger partial charge in [-0.2, -0.15) is 0 Å². The van der Waals surface area contributed by atoms with E-state index in [1.807, 2.05) is 0 Å². The number of hydrogen-bond donors (Lipinski definition) is 1. The van der Waals surface area contributed by atoms with Gasteiger partial charge in [-0.1, -0.05) is 6.07 Å². The Kier molecular flexibility index (Phi) is 3.76. The predicted octanol–water partition coefficient (Wildman–Crippen LogP) is 3.92. The second-order valence-electron chi connectivity index (χ2n) is 4.16. The van der Waals surface area contributed by atoms with Gasteiger partial charge in [-0.15, -0.1) is 0 Å². The molecule has 0 radical (unpaired) electrons. The molecule has 0 saturated heterocycles. The maximum Gasteiger partial charge on any atom is 0.168 e. The highest BCUT2D eigenvalue weighted by Crippen LogP contribution is 2.28. The Morgan fingerprint density at radius 1 is 0.947 bits per heavy atom. The number of rotatable bonds is 3. The van der Waals surface area contributed by atoms with Crippen LogP contribution in [0.4, 0.5) is 13.2 Å². The van der Waals surface area contributed by atoms with Crippen LogP contribution in [-0.2, 0) is 0 Å². The molecule has 2 aromatic rings. The predicted molar refractivity (Wildman–Crippen MR) is 65.4 cm³/mol. The quantitative estimate of drug-likeness (QED) is 0.914. The molecule has 19 heavy (non-hydrogen) atoms. The fourth-order valence-corrected chi connectivity index (χ4v) is 1.56. The van der Waals surface area contributed by atoms with Crippen LogP contribution < -0.4 is 10.5 Å². The van der Waals surface area contributed by atoms with Crippen molar-refractivity contribution in [3.63, 3.8) is 0 Å². The third-order valence-electron chi connectivity index (χ3n) is 2.60. The Morgan fingerprint density at radius 3 is 2.05 bits per heavy atom. The molecule has 0 spiro atoms. The van der Waals surface area contributed by atoms with Crippen molar-refractivity contribution >= 4 is 0 Å². The zero-order valence-electron chi connectivity index (χ0n) is 10.2. The van der Waals surface area contributed by atoms with Crippen LogP contribution in [0.5, 0.6) is 11.5 Å². The fraction of sp³-hybridized carbons (Fsp3) is 0.143. The normalized spacial score (nSPS) is 12.3. The summed E-state index contributed by atoms with van der Waals surface area (Å²) < 4.78 is 44.9. The highest BCUT2D eigenvalue weighted by atomic mass is 19.1. The first-order chi connectivity index (χ1) is 8.97. The lowest BCUT2D eigenvalue weighted by Gasteiger charge is -2.10. The summed E-state index contributed by atoms with van der Waals surface area (Å²) in [6.45, 7) is 1.72. The van der Waals surface area contributed by atoms with Crippen molar-refractivity contribution in [1.29, 1.82) is 0 Å². The van der Waals surface area contributed by atoms with Crippen molar-refractivity contribution in [3.05, 3.63) is 59.4 Å².